The molecule has 24 heavy (non-hydrogen) atoms. The van der Waals surface area contributed by atoms with Gasteiger partial charge in [0.2, 0.25) is 0 Å². The van der Waals surface area contributed by atoms with Gasteiger partial charge >= 0.3 is 0 Å². The smallest absolute Gasteiger partial charge is 0.160 e. The first-order chi connectivity index (χ1) is 11.7. The van der Waals surface area contributed by atoms with Gasteiger partial charge in [-0.05, 0) is 53.6 Å². The summed E-state index contributed by atoms with van der Waals surface area (Å²) in [6, 6.07) is 13.8. The SMILES string of the molecule is COc1ccc(C2=CC(Cc3ccc(OC)c(OC)c3)ON2)cc1. The molecular formula is C19H21NO4. The predicted molar refractivity (Wildman–Crippen MR) is 92.2 cm³/mol. The molecule has 0 saturated heterocycles. The van der Waals surface area contributed by atoms with Crippen LogP contribution < -0.4 is 19.7 Å². The summed E-state index contributed by atoms with van der Waals surface area (Å²) in [5.74, 6) is 2.28. The molecule has 1 unspecified atom stereocenters. The second kappa shape index (κ2) is 7.27. The standard InChI is InChI=1S/C19H21NO4/c1-21-15-7-5-14(6-8-15)17-12-16(24-20-17)10-13-4-9-18(22-2)19(11-13)23-3/h4-9,11-12,16,20H,10H2,1-3H3. The summed E-state index contributed by atoms with van der Waals surface area (Å²) in [7, 11) is 4.92. The van der Waals surface area contributed by atoms with Gasteiger partial charge in [-0.3, -0.25) is 10.3 Å². The maximum atomic E-state index is 5.66. The van der Waals surface area contributed by atoms with Crippen molar-refractivity contribution in [3.8, 4) is 17.2 Å². The van der Waals surface area contributed by atoms with E-state index in [0.717, 1.165) is 40.5 Å². The second-order valence-electron chi connectivity index (χ2n) is 5.46. The van der Waals surface area contributed by atoms with Crippen LogP contribution in [-0.4, -0.2) is 27.4 Å². The maximum absolute atomic E-state index is 5.66. The zero-order valence-electron chi connectivity index (χ0n) is 14.0. The van der Waals surface area contributed by atoms with Crippen molar-refractivity contribution in [2.24, 2.45) is 0 Å². The largest absolute Gasteiger partial charge is 0.497 e. The Morgan fingerprint density at radius 1 is 0.917 bits per heavy atom. The summed E-state index contributed by atoms with van der Waals surface area (Å²) in [5, 5.41) is 0. The normalized spacial score (nSPS) is 16.3. The van der Waals surface area contributed by atoms with Crippen LogP contribution in [0.3, 0.4) is 0 Å². The number of ether oxygens (including phenoxy) is 3. The molecule has 0 radical (unpaired) electrons. The van der Waals surface area contributed by atoms with Crippen LogP contribution in [-0.2, 0) is 11.3 Å². The van der Waals surface area contributed by atoms with Crippen LogP contribution in [0.4, 0.5) is 0 Å². The zero-order valence-corrected chi connectivity index (χ0v) is 14.0. The lowest BCUT2D eigenvalue weighted by atomic mass is 10.1. The van der Waals surface area contributed by atoms with Crippen LogP contribution in [0.25, 0.3) is 5.70 Å². The lowest BCUT2D eigenvalue weighted by molar-refractivity contribution is 0.0519. The first kappa shape index (κ1) is 16.2. The average molecular weight is 327 g/mol. The Balaban J connectivity index is 1.71. The van der Waals surface area contributed by atoms with Crippen molar-refractivity contribution in [1.29, 1.82) is 0 Å². The molecule has 1 N–H and O–H groups in total. The van der Waals surface area contributed by atoms with Gasteiger partial charge in [-0.15, -0.1) is 0 Å². The van der Waals surface area contributed by atoms with Gasteiger partial charge in [0.05, 0.1) is 27.0 Å². The maximum Gasteiger partial charge on any atom is 0.160 e. The first-order valence-electron chi connectivity index (χ1n) is 7.72. The van der Waals surface area contributed by atoms with Crippen LogP contribution in [0.5, 0.6) is 17.2 Å². The number of hydroxylamine groups is 1. The monoisotopic (exact) mass is 327 g/mol. The van der Waals surface area contributed by atoms with Gasteiger partial charge in [0.25, 0.3) is 0 Å². The third-order valence-corrected chi connectivity index (χ3v) is 3.96. The number of nitrogens with one attached hydrogen (secondary N) is 1. The van der Waals surface area contributed by atoms with E-state index >= 15 is 0 Å². The van der Waals surface area contributed by atoms with Crippen molar-refractivity contribution in [1.82, 2.24) is 5.48 Å². The number of rotatable bonds is 6. The Hall–Kier alpha value is -2.66. The lowest BCUT2D eigenvalue weighted by Gasteiger charge is -2.11. The highest BCUT2D eigenvalue weighted by atomic mass is 16.7. The van der Waals surface area contributed by atoms with Crippen molar-refractivity contribution < 1.29 is 19.0 Å². The number of hydrogen-bond acceptors (Lipinski definition) is 5. The first-order valence-corrected chi connectivity index (χ1v) is 7.72. The molecule has 5 heteroatoms. The minimum atomic E-state index is -0.0415. The van der Waals surface area contributed by atoms with E-state index in [4.69, 9.17) is 19.0 Å². The van der Waals surface area contributed by atoms with E-state index in [9.17, 15) is 0 Å². The average Bonchev–Trinajstić information content (AvgIpc) is 3.10. The minimum absolute atomic E-state index is 0.0415. The number of hydrogen-bond donors (Lipinski definition) is 1. The van der Waals surface area contributed by atoms with Gasteiger partial charge in [0.15, 0.2) is 11.5 Å². The van der Waals surface area contributed by atoms with E-state index in [1.807, 2.05) is 42.5 Å². The molecule has 0 bridgehead atoms. The molecule has 0 spiro atoms. The van der Waals surface area contributed by atoms with E-state index in [0.29, 0.717) is 0 Å². The van der Waals surface area contributed by atoms with Gasteiger partial charge in [0, 0.05) is 6.42 Å². The van der Waals surface area contributed by atoms with Crippen molar-refractivity contribution >= 4 is 5.70 Å². The summed E-state index contributed by atoms with van der Waals surface area (Å²) in [6.45, 7) is 0. The fourth-order valence-electron chi connectivity index (χ4n) is 2.66. The molecule has 0 aromatic heterocycles. The molecular weight excluding hydrogens is 306 g/mol. The third-order valence-electron chi connectivity index (χ3n) is 3.96. The van der Waals surface area contributed by atoms with E-state index in [2.05, 4.69) is 11.6 Å². The molecule has 0 amide bonds. The fraction of sp³-hybridized carbons (Fsp3) is 0.263. The molecule has 3 rings (SSSR count). The Morgan fingerprint density at radius 2 is 1.67 bits per heavy atom. The summed E-state index contributed by atoms with van der Waals surface area (Å²) >= 11 is 0. The van der Waals surface area contributed by atoms with Crippen LogP contribution in [0.2, 0.25) is 0 Å². The molecule has 1 heterocycles. The van der Waals surface area contributed by atoms with Crippen LogP contribution in [0, 0.1) is 0 Å². The van der Waals surface area contributed by atoms with Gasteiger partial charge < -0.3 is 14.2 Å². The van der Waals surface area contributed by atoms with E-state index in [1.165, 1.54) is 0 Å². The quantitative estimate of drug-likeness (QED) is 0.883. The van der Waals surface area contributed by atoms with Crippen molar-refractivity contribution in [2.75, 3.05) is 21.3 Å². The van der Waals surface area contributed by atoms with Crippen LogP contribution in [0.15, 0.2) is 48.5 Å². The van der Waals surface area contributed by atoms with Crippen molar-refractivity contribution in [2.45, 2.75) is 12.5 Å². The Labute approximate surface area is 141 Å². The highest BCUT2D eigenvalue weighted by molar-refractivity contribution is 5.65. The van der Waals surface area contributed by atoms with E-state index in [1.54, 1.807) is 21.3 Å². The van der Waals surface area contributed by atoms with Crippen molar-refractivity contribution in [3.63, 3.8) is 0 Å². The number of benzene rings is 2. The Morgan fingerprint density at radius 3 is 2.33 bits per heavy atom. The Kier molecular flexibility index (Phi) is 4.91. The zero-order chi connectivity index (χ0) is 16.9. The molecule has 0 aliphatic carbocycles. The minimum Gasteiger partial charge on any atom is -0.497 e. The third kappa shape index (κ3) is 3.46. The van der Waals surface area contributed by atoms with Gasteiger partial charge in [0.1, 0.15) is 11.9 Å². The highest BCUT2D eigenvalue weighted by Gasteiger charge is 2.18. The fourth-order valence-corrected chi connectivity index (χ4v) is 2.66. The molecule has 2 aromatic carbocycles. The lowest BCUT2D eigenvalue weighted by Crippen LogP contribution is -2.14. The van der Waals surface area contributed by atoms with Gasteiger partial charge in [-0.2, -0.15) is 0 Å². The summed E-state index contributed by atoms with van der Waals surface area (Å²) in [6.07, 6.45) is 2.78. The Bertz CT molecular complexity index is 725. The molecule has 1 aliphatic heterocycles. The molecule has 126 valence electrons. The summed E-state index contributed by atoms with van der Waals surface area (Å²) in [5.41, 5.74) is 6.14. The van der Waals surface area contributed by atoms with Crippen molar-refractivity contribution in [3.05, 3.63) is 59.7 Å². The van der Waals surface area contributed by atoms with Crippen LogP contribution >= 0.6 is 0 Å². The van der Waals surface area contributed by atoms with Crippen LogP contribution in [0.1, 0.15) is 11.1 Å². The van der Waals surface area contributed by atoms with Gasteiger partial charge in [-0.1, -0.05) is 6.07 Å². The molecule has 0 fully saturated rings. The second-order valence-corrected chi connectivity index (χ2v) is 5.46. The molecule has 1 atom stereocenters. The summed E-state index contributed by atoms with van der Waals surface area (Å²) < 4.78 is 15.8. The van der Waals surface area contributed by atoms with E-state index < -0.39 is 0 Å². The molecule has 1 aliphatic rings. The molecule has 5 nitrogen and oxygen atoms in total. The summed E-state index contributed by atoms with van der Waals surface area (Å²) in [4.78, 5) is 5.66. The highest BCUT2D eigenvalue weighted by Crippen LogP contribution is 2.29. The molecule has 0 saturated carbocycles. The topological polar surface area (TPSA) is 49.0 Å². The number of methoxy groups -OCH3 is 3. The molecule has 2 aromatic rings. The van der Waals surface area contributed by atoms with E-state index in [-0.39, 0.29) is 6.10 Å². The predicted octanol–water partition coefficient (Wildman–Crippen LogP) is 3.20. The van der Waals surface area contributed by atoms with Gasteiger partial charge in [-0.25, -0.2) is 0 Å².